The predicted octanol–water partition coefficient (Wildman–Crippen LogP) is 2.29. The van der Waals surface area contributed by atoms with Crippen LogP contribution in [0, 0.1) is 0 Å². The molecular formula is C23H27NO7. The molecule has 2 N–H and O–H groups in total. The van der Waals surface area contributed by atoms with Crippen LogP contribution in [0.15, 0.2) is 18.2 Å². The zero-order valence-corrected chi connectivity index (χ0v) is 18.3. The van der Waals surface area contributed by atoms with Crippen LogP contribution in [0.5, 0.6) is 28.7 Å². The second-order valence-corrected chi connectivity index (χ2v) is 8.50. The lowest BCUT2D eigenvalue weighted by Crippen LogP contribution is -2.56. The SMILES string of the molecule is COc1cc2c(cc1OC)[C@@H](O)[C@@H](O)[C@@]1(C)c3cc(OC)c4c(c3CN(C)C21)OCO4. The third kappa shape index (κ3) is 2.52. The topological polar surface area (TPSA) is 89.9 Å². The summed E-state index contributed by atoms with van der Waals surface area (Å²) in [5, 5.41) is 22.7. The Morgan fingerprint density at radius 3 is 2.19 bits per heavy atom. The molecule has 2 aromatic carbocycles. The summed E-state index contributed by atoms with van der Waals surface area (Å²) in [6.45, 7) is 2.68. The van der Waals surface area contributed by atoms with E-state index in [0.29, 0.717) is 40.9 Å². The fourth-order valence-electron chi connectivity index (χ4n) is 5.61. The first-order valence-corrected chi connectivity index (χ1v) is 10.2. The van der Waals surface area contributed by atoms with Gasteiger partial charge >= 0.3 is 0 Å². The van der Waals surface area contributed by atoms with Gasteiger partial charge in [0.25, 0.3) is 0 Å². The highest BCUT2D eigenvalue weighted by Crippen LogP contribution is 2.60. The van der Waals surface area contributed by atoms with Gasteiger partial charge in [0.2, 0.25) is 12.5 Å². The number of hydrogen-bond donors (Lipinski definition) is 2. The minimum absolute atomic E-state index is 0.122. The van der Waals surface area contributed by atoms with E-state index >= 15 is 0 Å². The molecule has 0 bridgehead atoms. The number of benzene rings is 2. The Balaban J connectivity index is 1.78. The normalized spacial score (nSPS) is 28.4. The second-order valence-electron chi connectivity index (χ2n) is 8.50. The molecule has 0 saturated carbocycles. The van der Waals surface area contributed by atoms with Crippen LogP contribution in [-0.2, 0) is 12.0 Å². The minimum Gasteiger partial charge on any atom is -0.493 e. The molecular weight excluding hydrogens is 402 g/mol. The maximum atomic E-state index is 11.5. The van der Waals surface area contributed by atoms with Gasteiger partial charge in [-0.15, -0.1) is 0 Å². The maximum Gasteiger partial charge on any atom is 0.231 e. The summed E-state index contributed by atoms with van der Waals surface area (Å²) < 4.78 is 28.0. The monoisotopic (exact) mass is 429 g/mol. The van der Waals surface area contributed by atoms with Crippen molar-refractivity contribution in [3.8, 4) is 28.7 Å². The van der Waals surface area contributed by atoms with Crippen LogP contribution in [0.3, 0.4) is 0 Å². The van der Waals surface area contributed by atoms with Gasteiger partial charge in [0.15, 0.2) is 23.0 Å². The second kappa shape index (κ2) is 6.91. The first kappa shape index (κ1) is 20.2. The number of methoxy groups -OCH3 is 3. The standard InChI is InChI=1S/C23H27NO7/c1-23-14-8-17(29-5)20-19(30-10-31-20)13(14)9-24(2)21(23)12-7-16(28-4)15(27-3)6-11(12)18(25)22(23)26/h6-8,18,21-22,25-26H,9-10H2,1-5H3/t18-,21?,22-,23+/m1/s1. The molecule has 5 rings (SSSR count). The van der Waals surface area contributed by atoms with Crippen molar-refractivity contribution >= 4 is 0 Å². The zero-order valence-electron chi connectivity index (χ0n) is 18.3. The van der Waals surface area contributed by atoms with Crippen molar-refractivity contribution in [2.75, 3.05) is 35.2 Å². The first-order valence-electron chi connectivity index (χ1n) is 10.2. The van der Waals surface area contributed by atoms with Gasteiger partial charge < -0.3 is 33.9 Å². The zero-order chi connectivity index (χ0) is 22.1. The summed E-state index contributed by atoms with van der Waals surface area (Å²) in [6, 6.07) is 5.34. The Morgan fingerprint density at radius 1 is 0.935 bits per heavy atom. The van der Waals surface area contributed by atoms with Crippen LogP contribution in [0.1, 0.15) is 41.3 Å². The molecule has 3 aliphatic rings. The van der Waals surface area contributed by atoms with Crippen molar-refractivity contribution < 1.29 is 33.9 Å². The van der Waals surface area contributed by atoms with E-state index in [-0.39, 0.29) is 12.8 Å². The lowest BCUT2D eigenvalue weighted by Gasteiger charge is -2.55. The van der Waals surface area contributed by atoms with Crippen molar-refractivity contribution in [1.82, 2.24) is 4.90 Å². The molecule has 0 fully saturated rings. The lowest BCUT2D eigenvalue weighted by atomic mass is 9.59. The van der Waals surface area contributed by atoms with Crippen LogP contribution in [0.4, 0.5) is 0 Å². The minimum atomic E-state index is -1.10. The van der Waals surface area contributed by atoms with Gasteiger partial charge in [0.1, 0.15) is 6.10 Å². The summed E-state index contributed by atoms with van der Waals surface area (Å²) in [7, 11) is 6.72. The van der Waals surface area contributed by atoms with Crippen LogP contribution < -0.4 is 23.7 Å². The number of nitrogens with zero attached hydrogens (tertiary/aromatic N) is 1. The number of aliphatic hydroxyl groups excluding tert-OH is 2. The molecule has 2 aromatic rings. The van der Waals surface area contributed by atoms with Crippen molar-refractivity contribution in [3.63, 3.8) is 0 Å². The van der Waals surface area contributed by atoms with E-state index in [1.54, 1.807) is 27.4 Å². The molecule has 31 heavy (non-hydrogen) atoms. The number of aliphatic hydroxyl groups is 2. The Bertz CT molecular complexity index is 1050. The summed E-state index contributed by atoms with van der Waals surface area (Å²) in [5.74, 6) is 2.86. The van der Waals surface area contributed by atoms with Gasteiger partial charge in [-0.1, -0.05) is 6.92 Å². The summed E-state index contributed by atoms with van der Waals surface area (Å²) in [6.07, 6.45) is -2.18. The highest BCUT2D eigenvalue weighted by atomic mass is 16.7. The van der Waals surface area contributed by atoms with E-state index in [9.17, 15) is 10.2 Å². The molecule has 4 atom stereocenters. The van der Waals surface area contributed by atoms with Gasteiger partial charge in [0.05, 0.1) is 27.4 Å². The number of ether oxygens (including phenoxy) is 5. The van der Waals surface area contributed by atoms with Crippen LogP contribution >= 0.6 is 0 Å². The predicted molar refractivity (Wildman–Crippen MR) is 111 cm³/mol. The fraction of sp³-hybridized carbons (Fsp3) is 0.478. The Kier molecular flexibility index (Phi) is 4.51. The summed E-state index contributed by atoms with van der Waals surface area (Å²) in [4.78, 5) is 2.16. The smallest absolute Gasteiger partial charge is 0.231 e. The van der Waals surface area contributed by atoms with Crippen molar-refractivity contribution in [2.24, 2.45) is 0 Å². The van der Waals surface area contributed by atoms with Crippen molar-refractivity contribution in [1.29, 1.82) is 0 Å². The van der Waals surface area contributed by atoms with E-state index < -0.39 is 17.6 Å². The largest absolute Gasteiger partial charge is 0.493 e. The third-order valence-corrected chi connectivity index (χ3v) is 7.04. The number of rotatable bonds is 3. The van der Waals surface area contributed by atoms with E-state index in [1.165, 1.54) is 0 Å². The molecule has 0 spiro atoms. The summed E-state index contributed by atoms with van der Waals surface area (Å²) >= 11 is 0. The molecule has 0 radical (unpaired) electrons. The fourth-order valence-corrected chi connectivity index (χ4v) is 5.61. The Morgan fingerprint density at radius 2 is 1.55 bits per heavy atom. The van der Waals surface area contributed by atoms with E-state index in [4.69, 9.17) is 23.7 Å². The molecule has 0 saturated heterocycles. The van der Waals surface area contributed by atoms with Crippen LogP contribution in [0.2, 0.25) is 0 Å². The number of likely N-dealkylation sites (N-methyl/N-ethyl adjacent to an activating group) is 1. The Labute approximate surface area is 180 Å². The first-order chi connectivity index (χ1) is 14.9. The average Bonchev–Trinajstić information content (AvgIpc) is 3.27. The van der Waals surface area contributed by atoms with Crippen molar-refractivity contribution in [3.05, 3.63) is 40.5 Å². The molecule has 166 valence electrons. The number of hydrogen-bond acceptors (Lipinski definition) is 8. The van der Waals surface area contributed by atoms with Crippen LogP contribution in [-0.4, -0.2) is 56.4 Å². The molecule has 2 heterocycles. The quantitative estimate of drug-likeness (QED) is 0.768. The maximum absolute atomic E-state index is 11.5. The van der Waals surface area contributed by atoms with Crippen molar-refractivity contribution in [2.45, 2.75) is 37.1 Å². The van der Waals surface area contributed by atoms with Gasteiger partial charge in [0, 0.05) is 23.6 Å². The molecule has 1 unspecified atom stereocenters. The van der Waals surface area contributed by atoms with Gasteiger partial charge in [-0.3, -0.25) is 4.90 Å². The number of fused-ring (bicyclic) bond motifs is 7. The van der Waals surface area contributed by atoms with Gasteiger partial charge in [-0.25, -0.2) is 0 Å². The van der Waals surface area contributed by atoms with Crippen LogP contribution in [0.25, 0.3) is 0 Å². The highest BCUT2D eigenvalue weighted by molar-refractivity contribution is 5.65. The molecule has 2 aliphatic heterocycles. The molecule has 1 aliphatic carbocycles. The molecule has 8 heteroatoms. The highest BCUT2D eigenvalue weighted by Gasteiger charge is 2.56. The molecule has 0 aromatic heterocycles. The lowest BCUT2D eigenvalue weighted by molar-refractivity contribution is -0.0786. The van der Waals surface area contributed by atoms with E-state index in [1.807, 2.05) is 26.1 Å². The Hall–Kier alpha value is -2.68. The van der Waals surface area contributed by atoms with E-state index in [0.717, 1.165) is 16.7 Å². The average molecular weight is 429 g/mol. The molecule has 0 amide bonds. The molecule has 8 nitrogen and oxygen atoms in total. The van der Waals surface area contributed by atoms with Gasteiger partial charge in [-0.05, 0) is 41.9 Å². The summed E-state index contributed by atoms with van der Waals surface area (Å²) in [5.41, 5.74) is 2.49. The van der Waals surface area contributed by atoms with Gasteiger partial charge in [-0.2, -0.15) is 0 Å². The van der Waals surface area contributed by atoms with E-state index in [2.05, 4.69) is 4.90 Å². The third-order valence-electron chi connectivity index (χ3n) is 7.04.